The minimum atomic E-state index is 0.699. The van der Waals surface area contributed by atoms with Crippen LogP contribution in [0.15, 0.2) is 31.4 Å². The maximum absolute atomic E-state index is 3.67. The molecule has 0 aromatic carbocycles. The Hall–Kier alpha value is -1.05. The quantitative estimate of drug-likeness (QED) is 0.648. The molecular weight excluding hydrogens is 136 g/mol. The van der Waals surface area contributed by atoms with Crippen LogP contribution in [-0.2, 0) is 0 Å². The highest BCUT2D eigenvalue weighted by molar-refractivity contribution is 4.72. The fourth-order valence-electron chi connectivity index (χ4n) is 0.382. The predicted molar refractivity (Wildman–Crippen MR) is 48.2 cm³/mol. The van der Waals surface area contributed by atoms with Gasteiger partial charge in [-0.2, -0.15) is 0 Å². The summed E-state index contributed by atoms with van der Waals surface area (Å²) in [5, 5.41) is 0. The number of imidazole rings is 1. The van der Waals surface area contributed by atoms with Crippen LogP contribution in [0.2, 0.25) is 0 Å². The second-order valence-electron chi connectivity index (χ2n) is 2.38. The smallest absolute Gasteiger partial charge is 0.0919 e. The number of aromatic amines is 1. The van der Waals surface area contributed by atoms with Gasteiger partial charge in [-0.1, -0.05) is 26.3 Å². The summed E-state index contributed by atoms with van der Waals surface area (Å²) < 4.78 is 0. The summed E-state index contributed by atoms with van der Waals surface area (Å²) in [5.41, 5.74) is 0. The molecule has 1 N–H and O–H groups in total. The zero-order valence-corrected chi connectivity index (χ0v) is 7.25. The van der Waals surface area contributed by atoms with Crippen LogP contribution in [0.3, 0.4) is 0 Å². The van der Waals surface area contributed by atoms with E-state index in [2.05, 4.69) is 30.4 Å². The second-order valence-corrected chi connectivity index (χ2v) is 2.38. The molecule has 1 aromatic heterocycles. The molecule has 0 amide bonds. The molecule has 0 aliphatic carbocycles. The van der Waals surface area contributed by atoms with Gasteiger partial charge in [0.25, 0.3) is 0 Å². The largest absolute Gasteiger partial charge is 0.351 e. The first-order valence-corrected chi connectivity index (χ1v) is 3.86. The van der Waals surface area contributed by atoms with Gasteiger partial charge in [-0.15, -0.1) is 6.58 Å². The molecule has 0 aliphatic rings. The number of nitrogens with zero attached hydrogens (tertiary/aromatic N) is 1. The van der Waals surface area contributed by atoms with E-state index in [0.717, 1.165) is 0 Å². The lowest BCUT2D eigenvalue weighted by Gasteiger charge is -1.93. The highest BCUT2D eigenvalue weighted by Crippen LogP contribution is 1.98. The van der Waals surface area contributed by atoms with Crippen LogP contribution in [0.4, 0.5) is 0 Å². The van der Waals surface area contributed by atoms with Crippen LogP contribution in [0.1, 0.15) is 20.3 Å². The average molecular weight is 152 g/mol. The molecule has 11 heavy (non-hydrogen) atoms. The molecule has 1 rings (SSSR count). The Bertz CT molecular complexity index is 139. The van der Waals surface area contributed by atoms with E-state index >= 15 is 0 Å². The minimum Gasteiger partial charge on any atom is -0.351 e. The predicted octanol–water partition coefficient (Wildman–Crippen LogP) is 2.63. The molecule has 1 aromatic rings. The van der Waals surface area contributed by atoms with Gasteiger partial charge in [-0.3, -0.25) is 0 Å². The van der Waals surface area contributed by atoms with Crippen molar-refractivity contribution in [1.82, 2.24) is 9.97 Å². The lowest BCUT2D eigenvalue weighted by molar-refractivity contribution is 0.700. The van der Waals surface area contributed by atoms with Gasteiger partial charge in [0, 0.05) is 12.4 Å². The molecule has 2 nitrogen and oxygen atoms in total. The van der Waals surface area contributed by atoms with Gasteiger partial charge in [-0.05, 0) is 5.92 Å². The monoisotopic (exact) mass is 152 g/mol. The number of aromatic nitrogens is 2. The summed E-state index contributed by atoms with van der Waals surface area (Å²) in [4.78, 5) is 6.42. The Morgan fingerprint density at radius 3 is 2.55 bits per heavy atom. The van der Waals surface area contributed by atoms with Crippen molar-refractivity contribution >= 4 is 0 Å². The van der Waals surface area contributed by atoms with Crippen LogP contribution < -0.4 is 0 Å². The van der Waals surface area contributed by atoms with Gasteiger partial charge in [-0.25, -0.2) is 4.98 Å². The van der Waals surface area contributed by atoms with Crippen LogP contribution >= 0.6 is 0 Å². The third kappa shape index (κ3) is 6.84. The highest BCUT2D eigenvalue weighted by atomic mass is 14.8. The molecule has 0 saturated carbocycles. The van der Waals surface area contributed by atoms with E-state index in [1.165, 1.54) is 6.42 Å². The number of hydrogen-bond acceptors (Lipinski definition) is 1. The lowest BCUT2D eigenvalue weighted by atomic mass is 10.1. The molecule has 0 fully saturated rings. The summed E-state index contributed by atoms with van der Waals surface area (Å²) in [5.74, 6) is 0.699. The fraction of sp³-hybridized carbons (Fsp3) is 0.444. The standard InChI is InChI=1S/C6H12.C3H4N2/c1-4-6(3)5-2;1-2-5-3-4-1/h4,6H,1,5H2,2-3H3;1-3H,(H,4,5). The molecule has 1 unspecified atom stereocenters. The van der Waals surface area contributed by atoms with Gasteiger partial charge < -0.3 is 4.98 Å². The van der Waals surface area contributed by atoms with Crippen molar-refractivity contribution in [2.45, 2.75) is 20.3 Å². The highest BCUT2D eigenvalue weighted by Gasteiger charge is 1.84. The topological polar surface area (TPSA) is 28.7 Å². The van der Waals surface area contributed by atoms with Crippen LogP contribution in [0.5, 0.6) is 0 Å². The summed E-state index contributed by atoms with van der Waals surface area (Å²) in [6, 6.07) is 0. The Morgan fingerprint density at radius 1 is 1.73 bits per heavy atom. The van der Waals surface area contributed by atoms with Crippen molar-refractivity contribution in [1.29, 1.82) is 0 Å². The molecule has 0 spiro atoms. The molecule has 0 bridgehead atoms. The normalized spacial score (nSPS) is 11.1. The Balaban J connectivity index is 0.000000183. The second kappa shape index (κ2) is 7.06. The molecule has 62 valence electrons. The third-order valence-corrected chi connectivity index (χ3v) is 1.45. The van der Waals surface area contributed by atoms with Gasteiger partial charge in [0.1, 0.15) is 0 Å². The van der Waals surface area contributed by atoms with E-state index < -0.39 is 0 Å². The summed E-state index contributed by atoms with van der Waals surface area (Å²) >= 11 is 0. The fourth-order valence-corrected chi connectivity index (χ4v) is 0.382. The van der Waals surface area contributed by atoms with Crippen molar-refractivity contribution in [3.05, 3.63) is 31.4 Å². The molecule has 1 atom stereocenters. The average Bonchev–Trinajstić information content (AvgIpc) is 2.60. The Kier molecular flexibility index (Phi) is 6.39. The first-order valence-electron chi connectivity index (χ1n) is 3.86. The zero-order chi connectivity index (χ0) is 8.53. The number of rotatable bonds is 2. The van der Waals surface area contributed by atoms with E-state index in [9.17, 15) is 0 Å². The number of nitrogens with one attached hydrogen (secondary N) is 1. The molecular formula is C9H16N2. The van der Waals surface area contributed by atoms with Crippen LogP contribution in [0.25, 0.3) is 0 Å². The van der Waals surface area contributed by atoms with Crippen LogP contribution in [-0.4, -0.2) is 9.97 Å². The maximum atomic E-state index is 3.67. The third-order valence-electron chi connectivity index (χ3n) is 1.45. The molecule has 2 heteroatoms. The van der Waals surface area contributed by atoms with E-state index in [-0.39, 0.29) is 0 Å². The van der Waals surface area contributed by atoms with Crippen molar-refractivity contribution in [2.24, 2.45) is 5.92 Å². The van der Waals surface area contributed by atoms with Crippen molar-refractivity contribution < 1.29 is 0 Å². The number of H-pyrrole nitrogens is 1. The molecule has 0 radical (unpaired) electrons. The van der Waals surface area contributed by atoms with Crippen LogP contribution in [0, 0.1) is 5.92 Å². The number of hydrogen-bond donors (Lipinski definition) is 1. The van der Waals surface area contributed by atoms with Gasteiger partial charge in [0.05, 0.1) is 6.33 Å². The summed E-state index contributed by atoms with van der Waals surface area (Å²) in [6.07, 6.45) is 8.27. The SMILES string of the molecule is C=CC(C)CC.c1c[nH]cn1. The zero-order valence-electron chi connectivity index (χ0n) is 7.25. The van der Waals surface area contributed by atoms with E-state index in [0.29, 0.717) is 5.92 Å². The Morgan fingerprint density at radius 2 is 2.45 bits per heavy atom. The van der Waals surface area contributed by atoms with E-state index in [4.69, 9.17) is 0 Å². The van der Waals surface area contributed by atoms with Gasteiger partial charge in [0.2, 0.25) is 0 Å². The van der Waals surface area contributed by atoms with Crippen molar-refractivity contribution in [3.63, 3.8) is 0 Å². The maximum Gasteiger partial charge on any atom is 0.0919 e. The van der Waals surface area contributed by atoms with Crippen molar-refractivity contribution in [3.8, 4) is 0 Å². The summed E-state index contributed by atoms with van der Waals surface area (Å²) in [6.45, 7) is 7.95. The number of allylic oxidation sites excluding steroid dienone is 1. The first-order chi connectivity index (χ1) is 5.31. The van der Waals surface area contributed by atoms with E-state index in [1.54, 1.807) is 18.7 Å². The van der Waals surface area contributed by atoms with Crippen molar-refractivity contribution in [2.75, 3.05) is 0 Å². The van der Waals surface area contributed by atoms with E-state index in [1.807, 2.05) is 6.08 Å². The summed E-state index contributed by atoms with van der Waals surface area (Å²) in [7, 11) is 0. The first kappa shape index (κ1) is 9.95. The molecule has 1 heterocycles. The lowest BCUT2D eigenvalue weighted by Crippen LogP contribution is -1.80. The van der Waals surface area contributed by atoms with Gasteiger partial charge >= 0.3 is 0 Å². The Labute approximate surface area is 68.4 Å². The molecule has 0 saturated heterocycles. The molecule has 0 aliphatic heterocycles. The minimum absolute atomic E-state index is 0.699. The van der Waals surface area contributed by atoms with Gasteiger partial charge in [0.15, 0.2) is 0 Å².